The van der Waals surface area contributed by atoms with Crippen LogP contribution in [0.1, 0.15) is 19.4 Å². The molecule has 0 radical (unpaired) electrons. The highest BCUT2D eigenvalue weighted by atomic mass is 35.5. The Morgan fingerprint density at radius 1 is 1.38 bits per heavy atom. The van der Waals surface area contributed by atoms with Gasteiger partial charge in [0, 0.05) is 5.02 Å². The maximum absolute atomic E-state index is 8.87. The second-order valence-electron chi connectivity index (χ2n) is 3.52. The monoisotopic (exact) mass is 239 g/mol. The van der Waals surface area contributed by atoms with E-state index in [1.165, 1.54) is 0 Å². The second-order valence-corrected chi connectivity index (χ2v) is 3.96. The topological polar surface area (TPSA) is 42.2 Å². The van der Waals surface area contributed by atoms with E-state index in [-0.39, 0.29) is 6.10 Å². The quantitative estimate of drug-likeness (QED) is 0.742. The number of hydrogen-bond acceptors (Lipinski definition) is 3. The van der Waals surface area contributed by atoms with Crippen LogP contribution in [0.5, 0.6) is 5.75 Å². The van der Waals surface area contributed by atoms with Crippen molar-refractivity contribution in [3.63, 3.8) is 0 Å². The molecule has 0 aliphatic heterocycles. The molecule has 0 aliphatic carbocycles. The molecule has 0 bridgehead atoms. The van der Waals surface area contributed by atoms with Crippen LogP contribution in [-0.4, -0.2) is 19.3 Å². The Morgan fingerprint density at radius 3 is 2.75 bits per heavy atom. The maximum atomic E-state index is 8.87. The fraction of sp³-hybridized carbons (Fsp3) is 0.417. The van der Waals surface area contributed by atoms with Gasteiger partial charge in [-0.1, -0.05) is 11.6 Å². The van der Waals surface area contributed by atoms with Gasteiger partial charge in [0.15, 0.2) is 0 Å². The minimum atomic E-state index is 0.184. The van der Waals surface area contributed by atoms with E-state index in [2.05, 4.69) is 0 Å². The lowest BCUT2D eigenvalue weighted by molar-refractivity contribution is 0.0552. The average Bonchev–Trinajstić information content (AvgIpc) is 2.25. The first kappa shape index (κ1) is 12.8. The van der Waals surface area contributed by atoms with Crippen LogP contribution in [0.2, 0.25) is 5.02 Å². The highest BCUT2D eigenvalue weighted by Gasteiger charge is 2.04. The molecule has 4 heteroatoms. The standard InChI is InChI=1S/C12H14ClNO2/c1-9(2)15-5-6-16-12-4-3-11(13)7-10(12)8-14/h3-4,7,9H,5-6H2,1-2H3. The Bertz CT molecular complexity index is 385. The molecule has 1 aromatic carbocycles. The summed E-state index contributed by atoms with van der Waals surface area (Å²) in [4.78, 5) is 0. The van der Waals surface area contributed by atoms with E-state index in [1.807, 2.05) is 19.9 Å². The van der Waals surface area contributed by atoms with E-state index >= 15 is 0 Å². The van der Waals surface area contributed by atoms with E-state index < -0.39 is 0 Å². The van der Waals surface area contributed by atoms with Crippen molar-refractivity contribution < 1.29 is 9.47 Å². The maximum Gasteiger partial charge on any atom is 0.137 e. The van der Waals surface area contributed by atoms with Crippen LogP contribution in [0.15, 0.2) is 18.2 Å². The van der Waals surface area contributed by atoms with Crippen LogP contribution in [0.25, 0.3) is 0 Å². The first-order valence-corrected chi connectivity index (χ1v) is 5.45. The van der Waals surface area contributed by atoms with Crippen molar-refractivity contribution in [2.75, 3.05) is 13.2 Å². The van der Waals surface area contributed by atoms with Gasteiger partial charge >= 0.3 is 0 Å². The van der Waals surface area contributed by atoms with E-state index in [9.17, 15) is 0 Å². The van der Waals surface area contributed by atoms with Crippen molar-refractivity contribution in [1.82, 2.24) is 0 Å². The summed E-state index contributed by atoms with van der Waals surface area (Å²) in [5, 5.41) is 9.40. The van der Waals surface area contributed by atoms with Crippen molar-refractivity contribution in [3.05, 3.63) is 28.8 Å². The number of halogens is 1. The van der Waals surface area contributed by atoms with Crippen molar-refractivity contribution in [1.29, 1.82) is 5.26 Å². The zero-order valence-corrected chi connectivity index (χ0v) is 10.1. The molecule has 86 valence electrons. The molecule has 0 unspecified atom stereocenters. The molecule has 0 heterocycles. The van der Waals surface area contributed by atoms with Gasteiger partial charge in [-0.05, 0) is 32.0 Å². The van der Waals surface area contributed by atoms with E-state index in [4.69, 9.17) is 26.3 Å². The van der Waals surface area contributed by atoms with Crippen molar-refractivity contribution in [3.8, 4) is 11.8 Å². The Kier molecular flexibility index (Phi) is 5.10. The average molecular weight is 240 g/mol. The minimum absolute atomic E-state index is 0.184. The lowest BCUT2D eigenvalue weighted by Crippen LogP contribution is -2.11. The number of hydrogen-bond donors (Lipinski definition) is 0. The van der Waals surface area contributed by atoms with Gasteiger partial charge in [0.05, 0.1) is 18.3 Å². The summed E-state index contributed by atoms with van der Waals surface area (Å²) in [5.74, 6) is 0.541. The van der Waals surface area contributed by atoms with Crippen molar-refractivity contribution >= 4 is 11.6 Å². The van der Waals surface area contributed by atoms with Crippen molar-refractivity contribution in [2.45, 2.75) is 20.0 Å². The third kappa shape index (κ3) is 4.09. The highest BCUT2D eigenvalue weighted by Crippen LogP contribution is 2.21. The normalized spacial score (nSPS) is 10.2. The van der Waals surface area contributed by atoms with Crippen LogP contribution in [-0.2, 0) is 4.74 Å². The molecular formula is C12H14ClNO2. The predicted octanol–water partition coefficient (Wildman–Crippen LogP) is 3.02. The number of nitrogens with zero attached hydrogens (tertiary/aromatic N) is 1. The zero-order chi connectivity index (χ0) is 12.0. The van der Waals surface area contributed by atoms with Crippen LogP contribution < -0.4 is 4.74 Å². The smallest absolute Gasteiger partial charge is 0.137 e. The van der Waals surface area contributed by atoms with Crippen LogP contribution in [0, 0.1) is 11.3 Å². The van der Waals surface area contributed by atoms with E-state index in [1.54, 1.807) is 18.2 Å². The summed E-state index contributed by atoms with van der Waals surface area (Å²) in [6.45, 7) is 4.85. The molecular weight excluding hydrogens is 226 g/mol. The molecule has 0 amide bonds. The zero-order valence-electron chi connectivity index (χ0n) is 9.37. The molecule has 0 saturated carbocycles. The van der Waals surface area contributed by atoms with Crippen LogP contribution >= 0.6 is 11.6 Å². The minimum Gasteiger partial charge on any atom is -0.490 e. The van der Waals surface area contributed by atoms with Crippen molar-refractivity contribution in [2.24, 2.45) is 0 Å². The molecule has 0 fully saturated rings. The first-order valence-electron chi connectivity index (χ1n) is 5.07. The lowest BCUT2D eigenvalue weighted by Gasteiger charge is -2.10. The van der Waals surface area contributed by atoms with Gasteiger partial charge < -0.3 is 9.47 Å². The summed E-state index contributed by atoms with van der Waals surface area (Å²) in [6, 6.07) is 7.01. The van der Waals surface area contributed by atoms with Gasteiger partial charge in [-0.3, -0.25) is 0 Å². The number of nitriles is 1. The lowest BCUT2D eigenvalue weighted by atomic mass is 10.2. The first-order chi connectivity index (χ1) is 7.63. The van der Waals surface area contributed by atoms with Gasteiger partial charge in [-0.2, -0.15) is 5.26 Å². The Labute approximate surface area is 101 Å². The van der Waals surface area contributed by atoms with Crippen LogP contribution in [0.4, 0.5) is 0 Å². The van der Waals surface area contributed by atoms with Gasteiger partial charge in [0.25, 0.3) is 0 Å². The number of ether oxygens (including phenoxy) is 2. The molecule has 0 spiro atoms. The van der Waals surface area contributed by atoms with E-state index in [0.29, 0.717) is 29.5 Å². The Balaban J connectivity index is 2.51. The molecule has 0 aromatic heterocycles. The van der Waals surface area contributed by atoms with Gasteiger partial charge in [-0.25, -0.2) is 0 Å². The fourth-order valence-corrected chi connectivity index (χ4v) is 1.32. The summed E-state index contributed by atoms with van der Waals surface area (Å²) >= 11 is 5.77. The molecule has 0 saturated heterocycles. The van der Waals surface area contributed by atoms with E-state index in [0.717, 1.165) is 0 Å². The summed E-state index contributed by atoms with van der Waals surface area (Å²) in [5.41, 5.74) is 0.442. The number of rotatable bonds is 5. The van der Waals surface area contributed by atoms with Crippen LogP contribution in [0.3, 0.4) is 0 Å². The predicted molar refractivity (Wildman–Crippen MR) is 62.8 cm³/mol. The van der Waals surface area contributed by atoms with Gasteiger partial charge in [0.2, 0.25) is 0 Å². The van der Waals surface area contributed by atoms with Gasteiger partial charge in [-0.15, -0.1) is 0 Å². The molecule has 3 nitrogen and oxygen atoms in total. The molecule has 16 heavy (non-hydrogen) atoms. The largest absolute Gasteiger partial charge is 0.490 e. The molecule has 0 aliphatic rings. The highest BCUT2D eigenvalue weighted by molar-refractivity contribution is 6.30. The summed E-state index contributed by atoms with van der Waals surface area (Å²) in [7, 11) is 0. The fourth-order valence-electron chi connectivity index (χ4n) is 1.15. The molecule has 1 rings (SSSR count). The molecule has 0 atom stereocenters. The second kappa shape index (κ2) is 6.37. The molecule has 1 aromatic rings. The third-order valence-corrected chi connectivity index (χ3v) is 2.09. The number of benzene rings is 1. The van der Waals surface area contributed by atoms with Gasteiger partial charge in [0.1, 0.15) is 18.4 Å². The summed E-state index contributed by atoms with van der Waals surface area (Å²) < 4.78 is 10.8. The summed E-state index contributed by atoms with van der Waals surface area (Å²) in [6.07, 6.45) is 0.184. The SMILES string of the molecule is CC(C)OCCOc1ccc(Cl)cc1C#N. The third-order valence-electron chi connectivity index (χ3n) is 1.85. The Hall–Kier alpha value is -1.24. The Morgan fingerprint density at radius 2 is 2.12 bits per heavy atom. The molecule has 0 N–H and O–H groups in total.